The molecule has 2 N–H and O–H groups in total. The van der Waals surface area contributed by atoms with Crippen LogP contribution in [0, 0.1) is 5.41 Å². The fourth-order valence-electron chi connectivity index (χ4n) is 1.76. The summed E-state index contributed by atoms with van der Waals surface area (Å²) in [5.74, 6) is 0. The van der Waals surface area contributed by atoms with Crippen molar-refractivity contribution in [1.82, 2.24) is 0 Å². The molecule has 1 fully saturated rings. The summed E-state index contributed by atoms with van der Waals surface area (Å²) in [4.78, 5) is 0. The molecule has 1 aliphatic heterocycles. The van der Waals surface area contributed by atoms with Crippen molar-refractivity contribution >= 4 is 0 Å². The molecule has 0 aromatic rings. The lowest BCUT2D eigenvalue weighted by atomic mass is 9.92. The highest BCUT2D eigenvalue weighted by Gasteiger charge is 2.44. The summed E-state index contributed by atoms with van der Waals surface area (Å²) in [6.45, 7) is 1.70. The zero-order valence-corrected chi connectivity index (χ0v) is 6.81. The Morgan fingerprint density at radius 1 is 1.55 bits per heavy atom. The van der Waals surface area contributed by atoms with E-state index in [1.165, 1.54) is 31.3 Å². The van der Waals surface area contributed by atoms with Gasteiger partial charge < -0.3 is 10.5 Å². The maximum absolute atomic E-state index is 5.70. The Balaban J connectivity index is 2.08. The summed E-state index contributed by atoms with van der Waals surface area (Å²) in [5.41, 5.74) is 7.54. The zero-order chi connectivity index (χ0) is 7.73. The molecular weight excluding hydrogens is 138 g/mol. The molecule has 62 valence electrons. The molecule has 0 unspecified atom stereocenters. The minimum absolute atomic E-state index is 0.375. The van der Waals surface area contributed by atoms with Crippen LogP contribution in [-0.4, -0.2) is 13.2 Å². The number of hydrogen-bond donors (Lipinski definition) is 1. The number of nitrogens with two attached hydrogens (primary N) is 1. The van der Waals surface area contributed by atoms with Gasteiger partial charge in [0.15, 0.2) is 0 Å². The Hall–Kier alpha value is -0.500. The Kier molecular flexibility index (Phi) is 1.64. The van der Waals surface area contributed by atoms with Gasteiger partial charge in [0.25, 0.3) is 0 Å². The van der Waals surface area contributed by atoms with E-state index >= 15 is 0 Å². The van der Waals surface area contributed by atoms with Crippen molar-refractivity contribution in [3.05, 3.63) is 11.8 Å². The van der Waals surface area contributed by atoms with Crippen LogP contribution >= 0.6 is 0 Å². The molecular formula is C9H15NO. The first-order valence-electron chi connectivity index (χ1n) is 4.39. The van der Waals surface area contributed by atoms with Crippen LogP contribution < -0.4 is 5.73 Å². The standard InChI is InChI=1S/C9H15NO/c10-7-9(3-4-9)8-2-1-5-11-6-8/h6H,1-5,7,10H2. The lowest BCUT2D eigenvalue weighted by Gasteiger charge is -2.20. The maximum Gasteiger partial charge on any atom is 0.0876 e. The third-order valence-electron chi connectivity index (χ3n) is 2.86. The van der Waals surface area contributed by atoms with Gasteiger partial charge in [-0.1, -0.05) is 0 Å². The highest BCUT2D eigenvalue weighted by atomic mass is 16.5. The molecule has 0 aromatic heterocycles. The summed E-state index contributed by atoms with van der Waals surface area (Å²) in [7, 11) is 0. The predicted octanol–water partition coefficient (Wildman–Crippen LogP) is 1.42. The van der Waals surface area contributed by atoms with E-state index in [0.717, 1.165) is 13.2 Å². The van der Waals surface area contributed by atoms with Crippen LogP contribution in [-0.2, 0) is 4.74 Å². The van der Waals surface area contributed by atoms with Crippen molar-refractivity contribution in [2.24, 2.45) is 11.1 Å². The van der Waals surface area contributed by atoms with E-state index < -0.39 is 0 Å². The molecule has 2 rings (SSSR count). The van der Waals surface area contributed by atoms with Crippen LogP contribution in [0.3, 0.4) is 0 Å². The van der Waals surface area contributed by atoms with Gasteiger partial charge in [-0.15, -0.1) is 0 Å². The van der Waals surface area contributed by atoms with E-state index in [9.17, 15) is 0 Å². The minimum Gasteiger partial charge on any atom is -0.501 e. The number of rotatable bonds is 2. The molecule has 0 spiro atoms. The van der Waals surface area contributed by atoms with E-state index in [4.69, 9.17) is 10.5 Å². The van der Waals surface area contributed by atoms with E-state index in [0.29, 0.717) is 5.41 Å². The summed E-state index contributed by atoms with van der Waals surface area (Å²) in [6, 6.07) is 0. The summed E-state index contributed by atoms with van der Waals surface area (Å²) >= 11 is 0. The minimum atomic E-state index is 0.375. The fraction of sp³-hybridized carbons (Fsp3) is 0.778. The van der Waals surface area contributed by atoms with Crippen molar-refractivity contribution in [2.75, 3.05) is 13.2 Å². The van der Waals surface area contributed by atoms with E-state index in [1.54, 1.807) is 0 Å². The first-order chi connectivity index (χ1) is 5.37. The van der Waals surface area contributed by atoms with Gasteiger partial charge in [-0.3, -0.25) is 0 Å². The monoisotopic (exact) mass is 153 g/mol. The van der Waals surface area contributed by atoms with Crippen molar-refractivity contribution < 1.29 is 4.74 Å². The van der Waals surface area contributed by atoms with Gasteiger partial charge >= 0.3 is 0 Å². The topological polar surface area (TPSA) is 35.2 Å². The summed E-state index contributed by atoms with van der Waals surface area (Å²) < 4.78 is 5.29. The second-order valence-electron chi connectivity index (χ2n) is 3.60. The summed E-state index contributed by atoms with van der Waals surface area (Å²) in [5, 5.41) is 0. The quantitative estimate of drug-likeness (QED) is 0.651. The largest absolute Gasteiger partial charge is 0.501 e. The molecule has 2 heteroatoms. The molecule has 0 saturated heterocycles. The van der Waals surface area contributed by atoms with Crippen molar-refractivity contribution in [2.45, 2.75) is 25.7 Å². The average Bonchev–Trinajstić information content (AvgIpc) is 2.86. The van der Waals surface area contributed by atoms with Gasteiger partial charge in [0.1, 0.15) is 0 Å². The molecule has 0 radical (unpaired) electrons. The lowest BCUT2D eigenvalue weighted by molar-refractivity contribution is 0.216. The molecule has 0 aromatic carbocycles. The zero-order valence-electron chi connectivity index (χ0n) is 6.81. The molecule has 11 heavy (non-hydrogen) atoms. The van der Waals surface area contributed by atoms with Gasteiger partial charge in [-0.25, -0.2) is 0 Å². The van der Waals surface area contributed by atoms with Crippen LogP contribution in [0.1, 0.15) is 25.7 Å². The Bertz CT molecular complexity index is 182. The molecule has 1 saturated carbocycles. The normalized spacial score (nSPS) is 27.2. The van der Waals surface area contributed by atoms with Crippen LogP contribution in [0.15, 0.2) is 11.8 Å². The lowest BCUT2D eigenvalue weighted by Crippen LogP contribution is -2.20. The first kappa shape index (κ1) is 7.17. The maximum atomic E-state index is 5.70. The average molecular weight is 153 g/mol. The predicted molar refractivity (Wildman–Crippen MR) is 44.0 cm³/mol. The Labute approximate surface area is 67.4 Å². The third-order valence-corrected chi connectivity index (χ3v) is 2.86. The highest BCUT2D eigenvalue weighted by Crippen LogP contribution is 2.52. The molecule has 1 aliphatic carbocycles. The molecule has 0 amide bonds. The van der Waals surface area contributed by atoms with Gasteiger partial charge in [0, 0.05) is 12.0 Å². The van der Waals surface area contributed by atoms with Crippen molar-refractivity contribution in [3.63, 3.8) is 0 Å². The molecule has 2 aliphatic rings. The SMILES string of the molecule is NCC1(C2=COCCC2)CC1. The van der Waals surface area contributed by atoms with Gasteiger partial charge in [0.2, 0.25) is 0 Å². The van der Waals surface area contributed by atoms with Crippen molar-refractivity contribution in [3.8, 4) is 0 Å². The molecule has 2 nitrogen and oxygen atoms in total. The van der Waals surface area contributed by atoms with Crippen LogP contribution in [0.2, 0.25) is 0 Å². The second-order valence-corrected chi connectivity index (χ2v) is 3.60. The highest BCUT2D eigenvalue weighted by molar-refractivity contribution is 5.21. The van der Waals surface area contributed by atoms with Crippen LogP contribution in [0.4, 0.5) is 0 Å². The van der Waals surface area contributed by atoms with E-state index in [-0.39, 0.29) is 0 Å². The van der Waals surface area contributed by atoms with E-state index in [1.807, 2.05) is 6.26 Å². The Morgan fingerprint density at radius 2 is 2.36 bits per heavy atom. The molecule has 1 heterocycles. The van der Waals surface area contributed by atoms with Gasteiger partial charge in [-0.2, -0.15) is 0 Å². The third kappa shape index (κ3) is 1.16. The summed E-state index contributed by atoms with van der Waals surface area (Å²) in [6.07, 6.45) is 6.88. The second kappa shape index (κ2) is 2.52. The first-order valence-corrected chi connectivity index (χ1v) is 4.39. The van der Waals surface area contributed by atoms with Crippen LogP contribution in [0.5, 0.6) is 0 Å². The van der Waals surface area contributed by atoms with Crippen molar-refractivity contribution in [1.29, 1.82) is 0 Å². The Morgan fingerprint density at radius 3 is 2.82 bits per heavy atom. The van der Waals surface area contributed by atoms with Gasteiger partial charge in [-0.05, 0) is 31.3 Å². The van der Waals surface area contributed by atoms with Gasteiger partial charge in [0.05, 0.1) is 12.9 Å². The van der Waals surface area contributed by atoms with E-state index in [2.05, 4.69) is 0 Å². The smallest absolute Gasteiger partial charge is 0.0876 e. The van der Waals surface area contributed by atoms with Crippen LogP contribution in [0.25, 0.3) is 0 Å². The number of ether oxygens (including phenoxy) is 1. The number of hydrogen-bond acceptors (Lipinski definition) is 2. The fourth-order valence-corrected chi connectivity index (χ4v) is 1.76. The molecule has 0 bridgehead atoms. The molecule has 0 atom stereocenters.